The average Bonchev–Trinajstić information content (AvgIpc) is 3.61. The molecule has 3 heterocycles. The predicted octanol–water partition coefficient (Wildman–Crippen LogP) is 3.49. The first-order valence-electron chi connectivity index (χ1n) is 10.8. The highest BCUT2D eigenvalue weighted by atomic mass is 19.1. The molecule has 3 aromatic rings. The van der Waals surface area contributed by atoms with Crippen molar-refractivity contribution in [1.82, 2.24) is 14.9 Å². The van der Waals surface area contributed by atoms with Crippen molar-refractivity contribution in [3.8, 4) is 16.9 Å². The predicted molar refractivity (Wildman–Crippen MR) is 122 cm³/mol. The number of aliphatic imine (C=N–C) groups is 1. The van der Waals surface area contributed by atoms with Crippen molar-refractivity contribution in [1.29, 1.82) is 0 Å². The van der Waals surface area contributed by atoms with Crippen LogP contribution >= 0.6 is 0 Å². The van der Waals surface area contributed by atoms with Crippen LogP contribution in [0.2, 0.25) is 0 Å². The van der Waals surface area contributed by atoms with E-state index in [0.717, 1.165) is 29.7 Å². The summed E-state index contributed by atoms with van der Waals surface area (Å²) >= 11 is 0. The second kappa shape index (κ2) is 7.95. The first-order valence-corrected chi connectivity index (χ1v) is 10.8. The number of pyridine rings is 2. The molecule has 0 bridgehead atoms. The highest BCUT2D eigenvalue weighted by Crippen LogP contribution is 2.43. The van der Waals surface area contributed by atoms with Gasteiger partial charge in [0.15, 0.2) is 11.5 Å². The van der Waals surface area contributed by atoms with Crippen molar-refractivity contribution < 1.29 is 13.9 Å². The third kappa shape index (κ3) is 3.61. The summed E-state index contributed by atoms with van der Waals surface area (Å²) in [6.07, 6.45) is 5.37. The molecule has 2 aromatic heterocycles. The van der Waals surface area contributed by atoms with E-state index >= 15 is 0 Å². The maximum atomic E-state index is 13.7. The molecule has 7 nitrogen and oxygen atoms in total. The summed E-state index contributed by atoms with van der Waals surface area (Å²) in [7, 11) is 1.58. The quantitative estimate of drug-likeness (QED) is 0.627. The van der Waals surface area contributed by atoms with Crippen LogP contribution in [-0.4, -0.2) is 39.9 Å². The van der Waals surface area contributed by atoms with Crippen molar-refractivity contribution in [2.75, 3.05) is 7.05 Å². The Balaban J connectivity index is 1.77. The van der Waals surface area contributed by atoms with E-state index in [1.54, 1.807) is 25.4 Å². The number of nitrogens with two attached hydrogens (primary N) is 1. The number of alkyl halides is 1. The molecule has 168 valence electrons. The van der Waals surface area contributed by atoms with Gasteiger partial charge in [-0.05, 0) is 72.9 Å². The van der Waals surface area contributed by atoms with E-state index in [0.29, 0.717) is 16.9 Å². The molecule has 1 amide bonds. The first-order chi connectivity index (χ1) is 15.9. The van der Waals surface area contributed by atoms with E-state index in [4.69, 9.17) is 10.5 Å². The first kappa shape index (κ1) is 21.1. The Kier molecular flexibility index (Phi) is 5.08. The topological polar surface area (TPSA) is 93.7 Å². The van der Waals surface area contributed by atoms with Gasteiger partial charge in [-0.25, -0.2) is 9.38 Å². The van der Waals surface area contributed by atoms with E-state index in [1.807, 2.05) is 37.3 Å². The van der Waals surface area contributed by atoms with Crippen molar-refractivity contribution in [3.05, 3.63) is 77.4 Å². The van der Waals surface area contributed by atoms with Gasteiger partial charge in [0.2, 0.25) is 0 Å². The number of likely N-dealkylation sites (N-methyl/N-ethyl adjacent to an activating group) is 1. The molecule has 0 radical (unpaired) electrons. The van der Waals surface area contributed by atoms with Gasteiger partial charge in [-0.15, -0.1) is 0 Å². The molecule has 2 N–H and O–H groups in total. The van der Waals surface area contributed by atoms with Crippen LogP contribution in [0.25, 0.3) is 11.1 Å². The number of aromatic nitrogens is 2. The lowest BCUT2D eigenvalue weighted by atomic mass is 9.81. The van der Waals surface area contributed by atoms with Crippen LogP contribution in [0.5, 0.6) is 5.75 Å². The van der Waals surface area contributed by atoms with Crippen LogP contribution < -0.4 is 10.5 Å². The fourth-order valence-electron chi connectivity index (χ4n) is 4.16. The molecule has 1 fully saturated rings. The van der Waals surface area contributed by atoms with Crippen molar-refractivity contribution in [3.63, 3.8) is 0 Å². The van der Waals surface area contributed by atoms with E-state index in [2.05, 4.69) is 15.0 Å². The van der Waals surface area contributed by atoms with Gasteiger partial charge in [-0.3, -0.25) is 19.7 Å². The summed E-state index contributed by atoms with van der Waals surface area (Å²) in [4.78, 5) is 28.1. The van der Waals surface area contributed by atoms with Gasteiger partial charge in [-0.2, -0.15) is 0 Å². The highest BCUT2D eigenvalue weighted by molar-refractivity contribution is 6.09. The van der Waals surface area contributed by atoms with Crippen molar-refractivity contribution in [2.24, 2.45) is 10.7 Å². The molecule has 0 saturated heterocycles. The Labute approximate surface area is 191 Å². The smallest absolute Gasteiger partial charge is 0.266 e. The van der Waals surface area contributed by atoms with E-state index in [9.17, 15) is 9.18 Å². The van der Waals surface area contributed by atoms with Crippen LogP contribution in [-0.2, 0) is 17.0 Å². The molecule has 5 rings (SSSR count). The van der Waals surface area contributed by atoms with Gasteiger partial charge < -0.3 is 10.5 Å². The van der Waals surface area contributed by atoms with Crippen LogP contribution in [0.1, 0.15) is 35.4 Å². The minimum absolute atomic E-state index is 0.0891. The summed E-state index contributed by atoms with van der Waals surface area (Å²) in [6, 6.07) is 12.8. The van der Waals surface area contributed by atoms with Crippen LogP contribution in [0, 0.1) is 6.92 Å². The largest absolute Gasteiger partial charge is 0.490 e. The fourth-order valence-corrected chi connectivity index (χ4v) is 4.16. The van der Waals surface area contributed by atoms with E-state index in [1.165, 1.54) is 11.1 Å². The Morgan fingerprint density at radius 3 is 2.64 bits per heavy atom. The third-order valence-electron chi connectivity index (χ3n) is 6.08. The van der Waals surface area contributed by atoms with Crippen LogP contribution in [0.15, 0.2) is 59.9 Å². The molecule has 0 spiro atoms. The maximum Gasteiger partial charge on any atom is 0.266 e. The van der Waals surface area contributed by atoms with Crippen molar-refractivity contribution in [2.45, 2.75) is 38.1 Å². The number of aryl methyl sites for hydroxylation is 1. The summed E-state index contributed by atoms with van der Waals surface area (Å²) in [6.45, 7) is 1.18. The molecule has 1 atom stereocenters. The fraction of sp³-hybridized carbons (Fsp3) is 0.280. The number of rotatable bonds is 6. The molecule has 1 aliphatic carbocycles. The number of hydrogen-bond acceptors (Lipinski definition) is 6. The molecule has 1 aromatic carbocycles. The Morgan fingerprint density at radius 1 is 1.15 bits per heavy atom. The SMILES string of the molecule is Cc1ncccc1-c1cc(OC2CC2)cc(C2(c3ccnc(CF)c3)N=C(N)N(C)C2=O)c1. The Hall–Kier alpha value is -3.81. The van der Waals surface area contributed by atoms with Gasteiger partial charge >= 0.3 is 0 Å². The van der Waals surface area contributed by atoms with E-state index < -0.39 is 12.2 Å². The molecular formula is C25H24FN5O2. The van der Waals surface area contributed by atoms with Crippen molar-refractivity contribution >= 4 is 11.9 Å². The van der Waals surface area contributed by atoms with Crippen LogP contribution in [0.3, 0.4) is 0 Å². The summed E-state index contributed by atoms with van der Waals surface area (Å²) < 4.78 is 19.6. The number of ether oxygens (including phenoxy) is 1. The second-order valence-electron chi connectivity index (χ2n) is 8.41. The maximum absolute atomic E-state index is 13.7. The third-order valence-corrected chi connectivity index (χ3v) is 6.08. The summed E-state index contributed by atoms with van der Waals surface area (Å²) in [5.41, 5.74) is 8.57. The van der Waals surface area contributed by atoms with Crippen LogP contribution in [0.4, 0.5) is 4.39 Å². The summed E-state index contributed by atoms with van der Waals surface area (Å²) in [5, 5.41) is 0. The zero-order valence-electron chi connectivity index (χ0n) is 18.5. The molecule has 1 unspecified atom stereocenters. The summed E-state index contributed by atoms with van der Waals surface area (Å²) in [5.74, 6) is 0.406. The zero-order chi connectivity index (χ0) is 23.2. The lowest BCUT2D eigenvalue weighted by molar-refractivity contribution is -0.129. The Morgan fingerprint density at radius 2 is 1.97 bits per heavy atom. The minimum Gasteiger partial charge on any atom is -0.490 e. The standard InChI is InChI=1S/C25H24FN5O2/c1-15-22(4-3-8-28-15)16-10-18(13-21(11-16)33-20-5-6-20)25(23(32)31(2)24(27)30-25)17-7-9-29-19(12-17)14-26/h3-4,7-13,20H,5-6,14H2,1-2H3,(H2,27,30). The lowest BCUT2D eigenvalue weighted by Crippen LogP contribution is -2.41. The molecular weight excluding hydrogens is 421 g/mol. The van der Waals surface area contributed by atoms with Gasteiger partial charge in [0, 0.05) is 30.7 Å². The lowest BCUT2D eigenvalue weighted by Gasteiger charge is -2.27. The molecule has 1 aliphatic heterocycles. The number of guanidine groups is 1. The van der Waals surface area contributed by atoms with Gasteiger partial charge in [-0.1, -0.05) is 6.07 Å². The highest BCUT2D eigenvalue weighted by Gasteiger charge is 2.50. The average molecular weight is 445 g/mol. The second-order valence-corrected chi connectivity index (χ2v) is 8.41. The van der Waals surface area contributed by atoms with Gasteiger partial charge in [0.05, 0.1) is 11.8 Å². The number of nitrogens with zero attached hydrogens (tertiary/aromatic N) is 4. The number of hydrogen-bond donors (Lipinski definition) is 1. The zero-order valence-corrected chi connectivity index (χ0v) is 18.5. The Bertz CT molecular complexity index is 1270. The normalized spacial score (nSPS) is 20.2. The minimum atomic E-state index is -1.47. The number of carbonyl (C=O) groups is 1. The monoisotopic (exact) mass is 445 g/mol. The number of benzene rings is 1. The number of halogens is 1. The van der Waals surface area contributed by atoms with E-state index in [-0.39, 0.29) is 23.7 Å². The van der Waals surface area contributed by atoms with Gasteiger partial charge in [0.25, 0.3) is 5.91 Å². The van der Waals surface area contributed by atoms with Gasteiger partial charge in [0.1, 0.15) is 12.4 Å². The number of amides is 1. The number of carbonyl (C=O) groups excluding carboxylic acids is 1. The molecule has 1 saturated carbocycles. The molecule has 2 aliphatic rings. The molecule has 33 heavy (non-hydrogen) atoms. The molecule has 8 heteroatoms.